The number of hydrogen-bond donors (Lipinski definition) is 1. The molecule has 1 saturated heterocycles. The van der Waals surface area contributed by atoms with Crippen molar-refractivity contribution in [3.05, 3.63) is 29.8 Å². The van der Waals surface area contributed by atoms with Crippen LogP contribution in [-0.2, 0) is 4.74 Å². The van der Waals surface area contributed by atoms with E-state index in [1.165, 1.54) is 19.8 Å². The van der Waals surface area contributed by atoms with E-state index >= 15 is 0 Å². The number of β-amino-alcohol motifs (C(OH)–C–C–N with tert-alkyl or cyclic N) is 1. The SMILES string of the molecule is CC(=O)c1cccc(OC[C@H](O)CN2CCO[C@@H]3CCCC[C@@H]32)c1. The number of ketones is 1. The summed E-state index contributed by atoms with van der Waals surface area (Å²) >= 11 is 0. The van der Waals surface area contributed by atoms with Gasteiger partial charge in [0.1, 0.15) is 18.5 Å². The minimum atomic E-state index is -0.549. The van der Waals surface area contributed by atoms with Crippen molar-refractivity contribution >= 4 is 5.78 Å². The third kappa shape index (κ3) is 4.35. The van der Waals surface area contributed by atoms with Gasteiger partial charge in [-0.25, -0.2) is 0 Å². The molecule has 0 spiro atoms. The number of ether oxygens (including phenoxy) is 2. The third-order valence-electron chi connectivity index (χ3n) is 4.98. The maximum atomic E-state index is 11.4. The Balaban J connectivity index is 1.51. The molecule has 2 aliphatic rings. The number of carbonyl (C=O) groups excluding carboxylic acids is 1. The van der Waals surface area contributed by atoms with Crippen LogP contribution in [0.15, 0.2) is 24.3 Å². The van der Waals surface area contributed by atoms with E-state index in [-0.39, 0.29) is 12.4 Å². The standard InChI is InChI=1S/C19H27NO4/c1-14(21)15-5-4-6-17(11-15)24-13-16(22)12-20-9-10-23-19-8-3-2-7-18(19)20/h4-6,11,16,18-19,22H,2-3,7-10,12-13H2,1H3/t16-,18+,19-/m1/s1. The topological polar surface area (TPSA) is 59.0 Å². The molecular formula is C19H27NO4. The number of carbonyl (C=O) groups is 1. The van der Waals surface area contributed by atoms with E-state index in [0.717, 1.165) is 26.0 Å². The minimum Gasteiger partial charge on any atom is -0.491 e. The van der Waals surface area contributed by atoms with Gasteiger partial charge in [-0.15, -0.1) is 0 Å². The molecule has 1 aromatic carbocycles. The first-order valence-corrected chi connectivity index (χ1v) is 8.91. The van der Waals surface area contributed by atoms with E-state index in [9.17, 15) is 9.90 Å². The molecule has 1 aliphatic heterocycles. The fourth-order valence-electron chi connectivity index (χ4n) is 3.72. The summed E-state index contributed by atoms with van der Waals surface area (Å²) in [7, 11) is 0. The first kappa shape index (κ1) is 17.4. The summed E-state index contributed by atoms with van der Waals surface area (Å²) in [5.41, 5.74) is 0.625. The van der Waals surface area contributed by atoms with Gasteiger partial charge >= 0.3 is 0 Å². The smallest absolute Gasteiger partial charge is 0.159 e. The van der Waals surface area contributed by atoms with Crippen LogP contribution in [0.3, 0.4) is 0 Å². The molecule has 0 bridgehead atoms. The fraction of sp³-hybridized carbons (Fsp3) is 0.632. The Morgan fingerprint density at radius 2 is 2.25 bits per heavy atom. The number of aliphatic hydroxyl groups is 1. The maximum absolute atomic E-state index is 11.4. The first-order valence-electron chi connectivity index (χ1n) is 8.91. The molecule has 0 unspecified atom stereocenters. The third-order valence-corrected chi connectivity index (χ3v) is 4.98. The normalized spacial score (nSPS) is 25.8. The van der Waals surface area contributed by atoms with Gasteiger partial charge in [-0.1, -0.05) is 25.0 Å². The summed E-state index contributed by atoms with van der Waals surface area (Å²) in [6.07, 6.45) is 4.54. The summed E-state index contributed by atoms with van der Waals surface area (Å²) in [5, 5.41) is 10.4. The fourth-order valence-corrected chi connectivity index (χ4v) is 3.72. The lowest BCUT2D eigenvalue weighted by atomic mass is 9.90. The number of morpholine rings is 1. The lowest BCUT2D eigenvalue weighted by Crippen LogP contribution is -2.55. The van der Waals surface area contributed by atoms with Crippen molar-refractivity contribution in [3.63, 3.8) is 0 Å². The minimum absolute atomic E-state index is 0.0117. The first-order chi connectivity index (χ1) is 11.6. The van der Waals surface area contributed by atoms with Crippen molar-refractivity contribution in [2.24, 2.45) is 0 Å². The predicted octanol–water partition coefficient (Wildman–Crippen LogP) is 2.27. The van der Waals surface area contributed by atoms with E-state index in [4.69, 9.17) is 9.47 Å². The molecule has 3 rings (SSSR count). The van der Waals surface area contributed by atoms with E-state index in [0.29, 0.717) is 30.0 Å². The summed E-state index contributed by atoms with van der Waals surface area (Å²) in [6, 6.07) is 7.53. The van der Waals surface area contributed by atoms with Gasteiger partial charge in [0.25, 0.3) is 0 Å². The summed E-state index contributed by atoms with van der Waals surface area (Å²) < 4.78 is 11.5. The van der Waals surface area contributed by atoms with Crippen LogP contribution in [0, 0.1) is 0 Å². The van der Waals surface area contributed by atoms with Crippen molar-refractivity contribution in [3.8, 4) is 5.75 Å². The molecule has 1 aliphatic carbocycles. The summed E-state index contributed by atoms with van der Waals surface area (Å²) in [6.45, 7) is 3.99. The van der Waals surface area contributed by atoms with Crippen molar-refractivity contribution < 1.29 is 19.4 Å². The Bertz CT molecular complexity index is 560. The Morgan fingerprint density at radius 1 is 1.42 bits per heavy atom. The highest BCUT2D eigenvalue weighted by atomic mass is 16.5. The number of Topliss-reactive ketones (excluding diaryl/α,β-unsaturated/α-hetero) is 1. The van der Waals surface area contributed by atoms with Gasteiger partial charge in [-0.3, -0.25) is 9.69 Å². The number of nitrogens with zero attached hydrogens (tertiary/aromatic N) is 1. The molecule has 1 N–H and O–H groups in total. The Kier molecular flexibility index (Phi) is 5.87. The van der Waals surface area contributed by atoms with Crippen LogP contribution in [-0.4, -0.2) is 60.3 Å². The Hall–Kier alpha value is -1.43. The highest BCUT2D eigenvalue weighted by Gasteiger charge is 2.34. The van der Waals surface area contributed by atoms with Crippen LogP contribution >= 0.6 is 0 Å². The molecule has 5 heteroatoms. The molecule has 1 heterocycles. The Morgan fingerprint density at radius 3 is 3.08 bits per heavy atom. The van der Waals surface area contributed by atoms with Gasteiger partial charge in [-0.05, 0) is 31.9 Å². The van der Waals surface area contributed by atoms with Crippen LogP contribution in [0.25, 0.3) is 0 Å². The molecule has 1 saturated carbocycles. The van der Waals surface area contributed by atoms with E-state index < -0.39 is 6.10 Å². The lowest BCUT2D eigenvalue weighted by Gasteiger charge is -2.44. The summed E-state index contributed by atoms with van der Waals surface area (Å²) in [5.74, 6) is 0.636. The zero-order chi connectivity index (χ0) is 16.9. The average Bonchev–Trinajstić information content (AvgIpc) is 2.60. The molecule has 0 radical (unpaired) electrons. The second-order valence-corrected chi connectivity index (χ2v) is 6.80. The molecular weight excluding hydrogens is 306 g/mol. The number of benzene rings is 1. The zero-order valence-corrected chi connectivity index (χ0v) is 14.3. The molecule has 3 atom stereocenters. The van der Waals surface area contributed by atoms with Crippen LogP contribution < -0.4 is 4.74 Å². The quantitative estimate of drug-likeness (QED) is 0.809. The van der Waals surface area contributed by atoms with Gasteiger partial charge in [0.05, 0.1) is 12.7 Å². The van der Waals surface area contributed by atoms with E-state index in [2.05, 4.69) is 4.90 Å². The Labute approximate surface area is 143 Å². The lowest BCUT2D eigenvalue weighted by molar-refractivity contribution is -0.0992. The molecule has 0 aromatic heterocycles. The van der Waals surface area contributed by atoms with Crippen LogP contribution in [0.5, 0.6) is 5.75 Å². The summed E-state index contributed by atoms with van der Waals surface area (Å²) in [4.78, 5) is 13.8. The largest absolute Gasteiger partial charge is 0.491 e. The van der Waals surface area contributed by atoms with Crippen molar-refractivity contribution in [2.75, 3.05) is 26.3 Å². The average molecular weight is 333 g/mol. The second kappa shape index (κ2) is 8.10. The molecule has 2 fully saturated rings. The van der Waals surface area contributed by atoms with Crippen molar-refractivity contribution in [1.29, 1.82) is 0 Å². The van der Waals surface area contributed by atoms with Gasteiger partial charge in [0.2, 0.25) is 0 Å². The zero-order valence-electron chi connectivity index (χ0n) is 14.3. The van der Waals surface area contributed by atoms with Crippen LogP contribution in [0.2, 0.25) is 0 Å². The highest BCUT2D eigenvalue weighted by molar-refractivity contribution is 5.94. The second-order valence-electron chi connectivity index (χ2n) is 6.80. The molecule has 0 amide bonds. The molecule has 132 valence electrons. The van der Waals surface area contributed by atoms with Gasteiger partial charge in [0, 0.05) is 24.7 Å². The van der Waals surface area contributed by atoms with Crippen molar-refractivity contribution in [2.45, 2.75) is 50.9 Å². The van der Waals surface area contributed by atoms with Gasteiger partial charge in [0.15, 0.2) is 5.78 Å². The van der Waals surface area contributed by atoms with Gasteiger partial charge in [-0.2, -0.15) is 0 Å². The number of aliphatic hydroxyl groups excluding tert-OH is 1. The van der Waals surface area contributed by atoms with Crippen molar-refractivity contribution in [1.82, 2.24) is 4.90 Å². The molecule has 5 nitrogen and oxygen atoms in total. The van der Waals surface area contributed by atoms with Crippen LogP contribution in [0.1, 0.15) is 43.0 Å². The maximum Gasteiger partial charge on any atom is 0.159 e. The van der Waals surface area contributed by atoms with E-state index in [1.807, 2.05) is 6.07 Å². The van der Waals surface area contributed by atoms with Gasteiger partial charge < -0.3 is 14.6 Å². The monoisotopic (exact) mass is 333 g/mol. The highest BCUT2D eigenvalue weighted by Crippen LogP contribution is 2.28. The predicted molar refractivity (Wildman–Crippen MR) is 91.5 cm³/mol. The molecule has 1 aromatic rings. The number of rotatable bonds is 6. The van der Waals surface area contributed by atoms with E-state index in [1.54, 1.807) is 18.2 Å². The number of fused-ring (bicyclic) bond motifs is 1. The van der Waals surface area contributed by atoms with Crippen LogP contribution in [0.4, 0.5) is 0 Å². The number of hydrogen-bond acceptors (Lipinski definition) is 5. The molecule has 24 heavy (non-hydrogen) atoms.